The Hall–Kier alpha value is -0.410. The summed E-state index contributed by atoms with van der Waals surface area (Å²) in [6, 6.07) is 0.506. The molecule has 1 fully saturated rings. The van der Waals surface area contributed by atoms with E-state index in [9.17, 15) is 0 Å². The van der Waals surface area contributed by atoms with Crippen molar-refractivity contribution in [1.82, 2.24) is 10.3 Å². The zero-order valence-electron chi connectivity index (χ0n) is 11.4. The highest BCUT2D eigenvalue weighted by molar-refractivity contribution is 7.11. The quantitative estimate of drug-likeness (QED) is 0.885. The van der Waals surface area contributed by atoms with Crippen LogP contribution in [0, 0.1) is 24.7 Å². The maximum absolute atomic E-state index is 4.40. The molecule has 0 aromatic carbocycles. The number of thiazole rings is 1. The van der Waals surface area contributed by atoms with Crippen LogP contribution in [-0.4, -0.2) is 12.0 Å². The van der Waals surface area contributed by atoms with Crippen molar-refractivity contribution >= 4 is 11.3 Å². The molecule has 0 radical (unpaired) electrons. The van der Waals surface area contributed by atoms with Crippen LogP contribution in [0.1, 0.15) is 49.0 Å². The number of nitrogens with one attached hydrogen (secondary N) is 1. The molecule has 96 valence electrons. The minimum absolute atomic E-state index is 0.506. The van der Waals surface area contributed by atoms with E-state index < -0.39 is 0 Å². The summed E-state index contributed by atoms with van der Waals surface area (Å²) in [4.78, 5) is 5.81. The van der Waals surface area contributed by atoms with Gasteiger partial charge in [0.15, 0.2) is 0 Å². The normalized spacial score (nSPS) is 31.4. The summed E-state index contributed by atoms with van der Waals surface area (Å²) in [5.74, 6) is 2.51. The molecule has 1 saturated carbocycles. The number of rotatable bonds is 3. The molecule has 3 heteroatoms. The highest BCUT2D eigenvalue weighted by atomic mass is 32.1. The molecule has 1 aliphatic carbocycles. The molecule has 3 atom stereocenters. The third-order valence-electron chi connectivity index (χ3n) is 3.94. The maximum Gasteiger partial charge on any atom is 0.0897 e. The van der Waals surface area contributed by atoms with Crippen LogP contribution in [0.2, 0.25) is 0 Å². The minimum Gasteiger partial charge on any atom is -0.312 e. The molecule has 2 rings (SSSR count). The zero-order chi connectivity index (χ0) is 12.4. The van der Waals surface area contributed by atoms with E-state index in [2.05, 4.69) is 44.3 Å². The van der Waals surface area contributed by atoms with Gasteiger partial charge in [-0.2, -0.15) is 0 Å². The highest BCUT2D eigenvalue weighted by Crippen LogP contribution is 2.40. The van der Waals surface area contributed by atoms with Crippen LogP contribution in [0.25, 0.3) is 0 Å². The van der Waals surface area contributed by atoms with Crippen molar-refractivity contribution in [1.29, 1.82) is 0 Å². The Morgan fingerprint density at radius 3 is 2.41 bits per heavy atom. The largest absolute Gasteiger partial charge is 0.312 e. The van der Waals surface area contributed by atoms with Crippen molar-refractivity contribution in [3.63, 3.8) is 0 Å². The lowest BCUT2D eigenvalue weighted by Crippen LogP contribution is -2.30. The highest BCUT2D eigenvalue weighted by Gasteiger charge is 2.30. The molecule has 17 heavy (non-hydrogen) atoms. The fraction of sp³-hybridized carbons (Fsp3) is 0.786. The van der Waals surface area contributed by atoms with Gasteiger partial charge < -0.3 is 5.32 Å². The lowest BCUT2D eigenvalue weighted by atomic mass is 9.73. The first-order chi connectivity index (χ1) is 8.10. The molecular weight excluding hydrogens is 228 g/mol. The van der Waals surface area contributed by atoms with Crippen LogP contribution in [-0.2, 0) is 0 Å². The van der Waals surface area contributed by atoms with E-state index in [4.69, 9.17) is 0 Å². The summed E-state index contributed by atoms with van der Waals surface area (Å²) in [7, 11) is 2.09. The smallest absolute Gasteiger partial charge is 0.0897 e. The Kier molecular flexibility index (Phi) is 4.21. The number of nitrogens with zero attached hydrogens (tertiary/aromatic N) is 1. The monoisotopic (exact) mass is 252 g/mol. The molecule has 0 amide bonds. The topological polar surface area (TPSA) is 24.9 Å². The molecule has 0 spiro atoms. The number of hydrogen-bond donors (Lipinski definition) is 1. The van der Waals surface area contributed by atoms with Crippen LogP contribution in [0.3, 0.4) is 0 Å². The van der Waals surface area contributed by atoms with Gasteiger partial charge in [0, 0.05) is 17.1 Å². The van der Waals surface area contributed by atoms with Crippen molar-refractivity contribution in [3.8, 4) is 0 Å². The van der Waals surface area contributed by atoms with Crippen LogP contribution < -0.4 is 5.32 Å². The number of aromatic nitrogens is 1. The summed E-state index contributed by atoms with van der Waals surface area (Å²) < 4.78 is 0. The Bertz CT molecular complexity index is 351. The molecule has 2 nitrogen and oxygen atoms in total. The average molecular weight is 252 g/mol. The first kappa shape index (κ1) is 13.0. The van der Waals surface area contributed by atoms with Crippen molar-refractivity contribution < 1.29 is 0 Å². The van der Waals surface area contributed by atoms with E-state index in [1.165, 1.54) is 29.1 Å². The SMILES string of the molecule is CNC(c1cnc(C)s1)C1CC(C)CC(C)C1. The molecule has 1 aliphatic rings. The summed E-state index contributed by atoms with van der Waals surface area (Å²) in [5, 5.41) is 4.69. The Morgan fingerprint density at radius 1 is 1.29 bits per heavy atom. The van der Waals surface area contributed by atoms with Gasteiger partial charge in [-0.1, -0.05) is 13.8 Å². The number of aryl methyl sites for hydroxylation is 1. The second-order valence-electron chi connectivity index (χ2n) is 5.73. The predicted molar refractivity (Wildman–Crippen MR) is 74.3 cm³/mol. The van der Waals surface area contributed by atoms with E-state index in [0.29, 0.717) is 6.04 Å². The third kappa shape index (κ3) is 3.08. The van der Waals surface area contributed by atoms with Gasteiger partial charge in [-0.3, -0.25) is 0 Å². The standard InChI is InChI=1S/C14H24N2S/c1-9-5-10(2)7-12(6-9)14(15-4)13-8-16-11(3)17-13/h8-10,12,14-15H,5-7H2,1-4H3. The molecule has 1 aromatic rings. The fourth-order valence-electron chi connectivity index (χ4n) is 3.41. The molecule has 1 aromatic heterocycles. The molecule has 3 unspecified atom stereocenters. The van der Waals surface area contributed by atoms with Crippen LogP contribution in [0.5, 0.6) is 0 Å². The van der Waals surface area contributed by atoms with Gasteiger partial charge in [-0.15, -0.1) is 11.3 Å². The first-order valence-corrected chi connectivity index (χ1v) is 7.51. The summed E-state index contributed by atoms with van der Waals surface area (Å²) in [6.07, 6.45) is 6.17. The van der Waals surface area contributed by atoms with Gasteiger partial charge in [0.05, 0.1) is 5.01 Å². The Labute approximate surface area is 109 Å². The van der Waals surface area contributed by atoms with Crippen molar-refractivity contribution in [2.45, 2.75) is 46.1 Å². The molecule has 1 N–H and O–H groups in total. The van der Waals surface area contributed by atoms with Gasteiger partial charge in [-0.05, 0) is 51.0 Å². The van der Waals surface area contributed by atoms with Crippen molar-refractivity contribution in [2.24, 2.45) is 17.8 Å². The lowest BCUT2D eigenvalue weighted by molar-refractivity contribution is 0.182. The zero-order valence-corrected chi connectivity index (χ0v) is 12.2. The van der Waals surface area contributed by atoms with E-state index in [1.54, 1.807) is 0 Å². The molecule has 0 bridgehead atoms. The van der Waals surface area contributed by atoms with Crippen molar-refractivity contribution in [2.75, 3.05) is 7.05 Å². The lowest BCUT2D eigenvalue weighted by Gasteiger charge is -2.36. The maximum atomic E-state index is 4.40. The van der Waals surface area contributed by atoms with E-state index in [-0.39, 0.29) is 0 Å². The van der Waals surface area contributed by atoms with Gasteiger partial charge in [0.1, 0.15) is 0 Å². The molecular formula is C14H24N2S. The Balaban J connectivity index is 2.12. The fourth-order valence-corrected chi connectivity index (χ4v) is 4.40. The third-order valence-corrected chi connectivity index (χ3v) is 4.94. The second-order valence-corrected chi connectivity index (χ2v) is 6.99. The second kappa shape index (κ2) is 5.49. The van der Waals surface area contributed by atoms with Gasteiger partial charge in [0.25, 0.3) is 0 Å². The Morgan fingerprint density at radius 2 is 1.94 bits per heavy atom. The predicted octanol–water partition coefficient (Wildman–Crippen LogP) is 3.78. The van der Waals surface area contributed by atoms with Gasteiger partial charge in [-0.25, -0.2) is 4.98 Å². The van der Waals surface area contributed by atoms with E-state index >= 15 is 0 Å². The van der Waals surface area contributed by atoms with Crippen molar-refractivity contribution in [3.05, 3.63) is 16.1 Å². The minimum atomic E-state index is 0.506. The van der Waals surface area contributed by atoms with Crippen LogP contribution >= 0.6 is 11.3 Å². The van der Waals surface area contributed by atoms with Crippen LogP contribution in [0.4, 0.5) is 0 Å². The van der Waals surface area contributed by atoms with Crippen LogP contribution in [0.15, 0.2) is 6.20 Å². The van der Waals surface area contributed by atoms with Gasteiger partial charge in [0.2, 0.25) is 0 Å². The molecule has 1 heterocycles. The van der Waals surface area contributed by atoms with Gasteiger partial charge >= 0.3 is 0 Å². The summed E-state index contributed by atoms with van der Waals surface area (Å²) in [6.45, 7) is 6.88. The first-order valence-electron chi connectivity index (χ1n) is 6.69. The van der Waals surface area contributed by atoms with E-state index in [0.717, 1.165) is 17.8 Å². The summed E-state index contributed by atoms with van der Waals surface area (Å²) in [5.41, 5.74) is 0. The average Bonchev–Trinajstić information content (AvgIpc) is 2.64. The summed E-state index contributed by atoms with van der Waals surface area (Å²) >= 11 is 1.84. The number of hydrogen-bond acceptors (Lipinski definition) is 3. The molecule has 0 aliphatic heterocycles. The molecule has 0 saturated heterocycles. The van der Waals surface area contributed by atoms with E-state index in [1.807, 2.05) is 11.3 Å².